The minimum Gasteiger partial charge on any atom is -0.494 e. The zero-order chi connectivity index (χ0) is 15.6. The molecule has 1 aromatic rings. The quantitative estimate of drug-likeness (QED) is 0.922. The number of piperazine rings is 1. The second-order valence-corrected chi connectivity index (χ2v) is 6.54. The molecule has 1 aromatic carbocycles. The number of methoxy groups -OCH3 is 1. The molecule has 118 valence electrons. The van der Waals surface area contributed by atoms with E-state index in [9.17, 15) is 4.39 Å². The first-order chi connectivity index (χ1) is 9.93. The lowest BCUT2D eigenvalue weighted by molar-refractivity contribution is 0.292. The van der Waals surface area contributed by atoms with Crippen LogP contribution in [-0.4, -0.2) is 32.3 Å². The van der Waals surface area contributed by atoms with Crippen LogP contribution in [0.4, 0.5) is 10.1 Å². The maximum atomic E-state index is 13.5. The Labute approximate surface area is 127 Å². The molecule has 0 amide bonds. The van der Waals surface area contributed by atoms with Crippen molar-refractivity contribution in [1.82, 2.24) is 5.32 Å². The lowest BCUT2D eigenvalue weighted by Gasteiger charge is -2.45. The fourth-order valence-corrected chi connectivity index (χ4v) is 3.00. The van der Waals surface area contributed by atoms with Crippen molar-refractivity contribution in [2.75, 3.05) is 25.1 Å². The van der Waals surface area contributed by atoms with Gasteiger partial charge in [0.05, 0.1) is 12.8 Å². The van der Waals surface area contributed by atoms with Crippen LogP contribution in [0.3, 0.4) is 0 Å². The third kappa shape index (κ3) is 3.49. The van der Waals surface area contributed by atoms with Gasteiger partial charge in [-0.1, -0.05) is 27.7 Å². The average Bonchev–Trinajstić information content (AvgIpc) is 2.46. The van der Waals surface area contributed by atoms with Crippen molar-refractivity contribution < 1.29 is 9.13 Å². The van der Waals surface area contributed by atoms with E-state index >= 15 is 0 Å². The number of anilines is 1. The molecule has 0 aromatic heterocycles. The summed E-state index contributed by atoms with van der Waals surface area (Å²) in [5, 5.41) is 3.64. The Bertz CT molecular complexity index is 476. The summed E-state index contributed by atoms with van der Waals surface area (Å²) in [5.41, 5.74) is 0.991. The highest BCUT2D eigenvalue weighted by Gasteiger charge is 2.32. The van der Waals surface area contributed by atoms with Crippen molar-refractivity contribution in [2.24, 2.45) is 11.8 Å². The minimum atomic E-state index is -0.257. The maximum absolute atomic E-state index is 13.5. The Morgan fingerprint density at radius 3 is 2.52 bits per heavy atom. The molecule has 2 rings (SSSR count). The largest absolute Gasteiger partial charge is 0.494 e. The van der Waals surface area contributed by atoms with Crippen LogP contribution in [0.2, 0.25) is 0 Å². The maximum Gasteiger partial charge on any atom is 0.145 e. The zero-order valence-corrected chi connectivity index (χ0v) is 13.7. The fraction of sp³-hybridized carbons (Fsp3) is 0.647. The summed E-state index contributed by atoms with van der Waals surface area (Å²) in [4.78, 5) is 2.38. The summed E-state index contributed by atoms with van der Waals surface area (Å²) >= 11 is 0. The molecule has 1 N–H and O–H groups in total. The van der Waals surface area contributed by atoms with Crippen LogP contribution in [-0.2, 0) is 0 Å². The molecule has 21 heavy (non-hydrogen) atoms. The smallest absolute Gasteiger partial charge is 0.145 e. The summed E-state index contributed by atoms with van der Waals surface area (Å²) in [5.74, 6) is 1.43. The van der Waals surface area contributed by atoms with Crippen LogP contribution in [0.1, 0.15) is 27.7 Å². The monoisotopic (exact) mass is 294 g/mol. The Balaban J connectivity index is 2.35. The lowest BCUT2D eigenvalue weighted by Crippen LogP contribution is -2.60. The number of rotatable bonds is 4. The van der Waals surface area contributed by atoms with Gasteiger partial charge in [0.15, 0.2) is 0 Å². The average molecular weight is 294 g/mol. The predicted octanol–water partition coefficient (Wildman–Crippen LogP) is 3.29. The van der Waals surface area contributed by atoms with Crippen LogP contribution in [0.25, 0.3) is 0 Å². The topological polar surface area (TPSA) is 24.5 Å². The van der Waals surface area contributed by atoms with Crippen LogP contribution in [0.5, 0.6) is 5.75 Å². The molecule has 4 heteroatoms. The zero-order valence-electron chi connectivity index (χ0n) is 13.7. The molecular weight excluding hydrogens is 267 g/mol. The number of nitrogens with one attached hydrogen (secondary N) is 1. The molecule has 2 atom stereocenters. The third-order valence-corrected chi connectivity index (χ3v) is 4.41. The highest BCUT2D eigenvalue weighted by molar-refractivity contribution is 5.60. The van der Waals surface area contributed by atoms with Crippen LogP contribution < -0.4 is 15.0 Å². The van der Waals surface area contributed by atoms with E-state index in [1.165, 1.54) is 12.1 Å². The van der Waals surface area contributed by atoms with Crippen LogP contribution in [0, 0.1) is 17.7 Å². The molecule has 1 heterocycles. The van der Waals surface area contributed by atoms with Crippen molar-refractivity contribution in [3.8, 4) is 5.75 Å². The molecule has 2 unspecified atom stereocenters. The molecule has 0 spiro atoms. The third-order valence-electron chi connectivity index (χ3n) is 4.41. The van der Waals surface area contributed by atoms with E-state index in [4.69, 9.17) is 4.74 Å². The van der Waals surface area contributed by atoms with Gasteiger partial charge in [-0.25, -0.2) is 4.39 Å². The second-order valence-electron chi connectivity index (χ2n) is 6.54. The molecule has 0 radical (unpaired) electrons. The Kier molecular flexibility index (Phi) is 5.09. The van der Waals surface area contributed by atoms with Gasteiger partial charge in [-0.15, -0.1) is 0 Å². The van der Waals surface area contributed by atoms with E-state index in [0.717, 1.165) is 18.8 Å². The summed E-state index contributed by atoms with van der Waals surface area (Å²) in [7, 11) is 1.60. The number of halogens is 1. The van der Waals surface area contributed by atoms with Crippen molar-refractivity contribution in [3.05, 3.63) is 24.0 Å². The van der Waals surface area contributed by atoms with Crippen molar-refractivity contribution >= 4 is 5.69 Å². The number of nitrogens with zero attached hydrogens (tertiary/aromatic N) is 1. The SMILES string of the molecule is COc1cc(F)ccc1N1CC(C(C)C)NCC1C(C)C. The fourth-order valence-electron chi connectivity index (χ4n) is 3.00. The van der Waals surface area contributed by atoms with Crippen LogP contribution >= 0.6 is 0 Å². The van der Waals surface area contributed by atoms with E-state index in [1.54, 1.807) is 7.11 Å². The van der Waals surface area contributed by atoms with Crippen molar-refractivity contribution in [2.45, 2.75) is 39.8 Å². The molecule has 0 saturated carbocycles. The van der Waals surface area contributed by atoms with Gasteiger partial charge in [-0.05, 0) is 24.0 Å². The summed E-state index contributed by atoms with van der Waals surface area (Å²) in [6.07, 6.45) is 0. The molecule has 1 saturated heterocycles. The van der Waals surface area contributed by atoms with E-state index < -0.39 is 0 Å². The first kappa shape index (κ1) is 16.1. The predicted molar refractivity (Wildman–Crippen MR) is 85.6 cm³/mol. The number of benzene rings is 1. The highest BCUT2D eigenvalue weighted by atomic mass is 19.1. The van der Waals surface area contributed by atoms with E-state index in [1.807, 2.05) is 6.07 Å². The summed E-state index contributed by atoms with van der Waals surface area (Å²) < 4.78 is 18.9. The first-order valence-electron chi connectivity index (χ1n) is 7.77. The number of ether oxygens (including phenoxy) is 1. The molecule has 1 aliphatic heterocycles. The molecule has 1 fully saturated rings. The minimum absolute atomic E-state index is 0.257. The number of hydrogen-bond donors (Lipinski definition) is 1. The van der Waals surface area contributed by atoms with E-state index in [0.29, 0.717) is 29.7 Å². The van der Waals surface area contributed by atoms with Crippen molar-refractivity contribution in [3.63, 3.8) is 0 Å². The Hall–Kier alpha value is -1.29. The van der Waals surface area contributed by atoms with E-state index in [-0.39, 0.29) is 5.82 Å². The normalized spacial score (nSPS) is 23.0. The van der Waals surface area contributed by atoms with E-state index in [2.05, 4.69) is 37.9 Å². The first-order valence-corrected chi connectivity index (χ1v) is 7.77. The second kappa shape index (κ2) is 6.65. The summed E-state index contributed by atoms with van der Waals surface area (Å²) in [6, 6.07) is 5.65. The van der Waals surface area contributed by atoms with Crippen molar-refractivity contribution in [1.29, 1.82) is 0 Å². The van der Waals surface area contributed by atoms with Gasteiger partial charge >= 0.3 is 0 Å². The van der Waals surface area contributed by atoms with Gasteiger partial charge in [0.25, 0.3) is 0 Å². The lowest BCUT2D eigenvalue weighted by atomic mass is 9.93. The number of hydrogen-bond acceptors (Lipinski definition) is 3. The Morgan fingerprint density at radius 1 is 1.24 bits per heavy atom. The standard InChI is InChI=1S/C17H27FN2O/c1-11(2)14-10-20(16(9-19-14)12(3)4)15-7-6-13(18)8-17(15)21-5/h6-8,11-12,14,16,19H,9-10H2,1-5H3. The van der Waals surface area contributed by atoms with Crippen LogP contribution in [0.15, 0.2) is 18.2 Å². The van der Waals surface area contributed by atoms with Gasteiger partial charge in [0.2, 0.25) is 0 Å². The molecule has 3 nitrogen and oxygen atoms in total. The van der Waals surface area contributed by atoms with Gasteiger partial charge in [-0.2, -0.15) is 0 Å². The molecule has 0 aliphatic carbocycles. The van der Waals surface area contributed by atoms with Gasteiger partial charge in [0.1, 0.15) is 11.6 Å². The Morgan fingerprint density at radius 2 is 1.95 bits per heavy atom. The van der Waals surface area contributed by atoms with Gasteiger partial charge in [0, 0.05) is 31.2 Å². The molecule has 1 aliphatic rings. The summed E-state index contributed by atoms with van der Waals surface area (Å²) in [6.45, 7) is 10.8. The highest BCUT2D eigenvalue weighted by Crippen LogP contribution is 2.33. The molecule has 0 bridgehead atoms. The van der Waals surface area contributed by atoms with Gasteiger partial charge in [-0.3, -0.25) is 0 Å². The van der Waals surface area contributed by atoms with Gasteiger partial charge < -0.3 is 15.0 Å². The molecular formula is C17H27FN2O.